The molecule has 0 aliphatic heterocycles. The summed E-state index contributed by atoms with van der Waals surface area (Å²) >= 11 is 0. The molecule has 0 amide bonds. The molecule has 0 bridgehead atoms. The number of fused-ring (bicyclic) bond motifs is 1. The highest BCUT2D eigenvalue weighted by atomic mass is 19.1. The van der Waals surface area contributed by atoms with Crippen LogP contribution in [0.4, 0.5) is 4.39 Å². The van der Waals surface area contributed by atoms with E-state index in [4.69, 9.17) is 0 Å². The van der Waals surface area contributed by atoms with Crippen LogP contribution in [0, 0.1) is 5.82 Å². The number of hydrogen-bond donors (Lipinski definition) is 0. The fourth-order valence-corrected chi connectivity index (χ4v) is 3.71. The third kappa shape index (κ3) is 2.68. The minimum absolute atomic E-state index is 0.106. The van der Waals surface area contributed by atoms with E-state index < -0.39 is 0 Å². The molecule has 25 heavy (non-hydrogen) atoms. The smallest absolute Gasteiger partial charge is 0.167 e. The first-order chi connectivity index (χ1) is 12.2. The molecule has 4 heteroatoms. The Balaban J connectivity index is 1.81. The first-order valence-corrected chi connectivity index (χ1v) is 8.62. The van der Waals surface area contributed by atoms with Crippen LogP contribution in [0.2, 0.25) is 0 Å². The van der Waals surface area contributed by atoms with Gasteiger partial charge in [-0.05, 0) is 36.5 Å². The van der Waals surface area contributed by atoms with Gasteiger partial charge in [0.1, 0.15) is 11.5 Å². The van der Waals surface area contributed by atoms with E-state index in [2.05, 4.69) is 17.2 Å². The second-order valence-corrected chi connectivity index (χ2v) is 6.42. The highest BCUT2D eigenvalue weighted by molar-refractivity contribution is 6.00. The maximum absolute atomic E-state index is 14.2. The molecule has 3 aromatic rings. The lowest BCUT2D eigenvalue weighted by atomic mass is 9.81. The van der Waals surface area contributed by atoms with Gasteiger partial charge in [-0.2, -0.15) is 5.10 Å². The summed E-state index contributed by atoms with van der Waals surface area (Å²) in [6, 6.07) is 16.6. The summed E-state index contributed by atoms with van der Waals surface area (Å²) in [4.78, 5) is 12.8. The Hall–Kier alpha value is -2.75. The monoisotopic (exact) mass is 334 g/mol. The van der Waals surface area contributed by atoms with E-state index >= 15 is 0 Å². The molecular formula is C21H19FN2O. The van der Waals surface area contributed by atoms with E-state index in [9.17, 15) is 9.18 Å². The number of carbonyl (C=O) groups excluding carboxylic acids is 1. The van der Waals surface area contributed by atoms with Gasteiger partial charge in [-0.3, -0.25) is 4.79 Å². The van der Waals surface area contributed by atoms with E-state index in [-0.39, 0.29) is 17.5 Å². The molecule has 1 aromatic heterocycles. The molecular weight excluding hydrogens is 315 g/mol. The van der Waals surface area contributed by atoms with E-state index in [0.29, 0.717) is 30.5 Å². The Morgan fingerprint density at radius 3 is 2.52 bits per heavy atom. The molecule has 1 aliphatic rings. The zero-order chi connectivity index (χ0) is 17.4. The van der Waals surface area contributed by atoms with Crippen molar-refractivity contribution in [1.82, 2.24) is 9.78 Å². The van der Waals surface area contributed by atoms with E-state index in [0.717, 1.165) is 17.0 Å². The molecule has 0 fully saturated rings. The number of Topliss-reactive ketones (excluding diaryl/α,β-unsaturated/α-hetero) is 1. The summed E-state index contributed by atoms with van der Waals surface area (Å²) in [5.74, 6) is -0.0893. The zero-order valence-corrected chi connectivity index (χ0v) is 14.1. The van der Waals surface area contributed by atoms with Crippen molar-refractivity contribution >= 4 is 5.78 Å². The number of halogens is 1. The fourth-order valence-electron chi connectivity index (χ4n) is 3.71. The molecule has 3 nitrogen and oxygen atoms in total. The van der Waals surface area contributed by atoms with Crippen LogP contribution in [-0.2, 0) is 12.8 Å². The Labute approximate surface area is 146 Å². The van der Waals surface area contributed by atoms with Crippen LogP contribution in [0.15, 0.2) is 54.6 Å². The average Bonchev–Trinajstić information content (AvgIpc) is 3.01. The average molecular weight is 334 g/mol. The quantitative estimate of drug-likeness (QED) is 0.707. The molecule has 1 heterocycles. The van der Waals surface area contributed by atoms with E-state index in [1.54, 1.807) is 22.9 Å². The van der Waals surface area contributed by atoms with Gasteiger partial charge in [-0.1, -0.05) is 49.4 Å². The van der Waals surface area contributed by atoms with Gasteiger partial charge in [0.2, 0.25) is 0 Å². The van der Waals surface area contributed by atoms with Crippen molar-refractivity contribution in [1.29, 1.82) is 0 Å². The molecule has 0 unspecified atom stereocenters. The van der Waals surface area contributed by atoms with Crippen LogP contribution in [0.5, 0.6) is 0 Å². The van der Waals surface area contributed by atoms with Gasteiger partial charge in [0.05, 0.1) is 17.0 Å². The van der Waals surface area contributed by atoms with Crippen molar-refractivity contribution in [3.05, 3.63) is 82.9 Å². The zero-order valence-electron chi connectivity index (χ0n) is 14.1. The number of hydrogen-bond acceptors (Lipinski definition) is 2. The second kappa shape index (κ2) is 6.28. The number of aromatic nitrogens is 2. The van der Waals surface area contributed by atoms with Gasteiger partial charge in [0.15, 0.2) is 5.78 Å². The van der Waals surface area contributed by atoms with Gasteiger partial charge in [-0.15, -0.1) is 0 Å². The minimum atomic E-state index is -0.330. The van der Waals surface area contributed by atoms with Crippen molar-refractivity contribution in [2.24, 2.45) is 0 Å². The van der Waals surface area contributed by atoms with Crippen molar-refractivity contribution < 1.29 is 9.18 Å². The third-order valence-corrected chi connectivity index (χ3v) is 4.89. The normalized spacial score (nSPS) is 16.7. The van der Waals surface area contributed by atoms with Crippen LogP contribution in [0.1, 0.15) is 46.6 Å². The van der Waals surface area contributed by atoms with Gasteiger partial charge < -0.3 is 0 Å². The van der Waals surface area contributed by atoms with Gasteiger partial charge >= 0.3 is 0 Å². The fraction of sp³-hybridized carbons (Fsp3) is 0.238. The Bertz CT molecular complexity index is 930. The van der Waals surface area contributed by atoms with Crippen molar-refractivity contribution in [2.75, 3.05) is 0 Å². The Kier molecular flexibility index (Phi) is 3.96. The molecule has 0 radical (unpaired) electrons. The first-order valence-electron chi connectivity index (χ1n) is 8.62. The van der Waals surface area contributed by atoms with Gasteiger partial charge in [0, 0.05) is 6.42 Å². The molecule has 0 saturated heterocycles. The minimum Gasteiger partial charge on any atom is -0.294 e. The van der Waals surface area contributed by atoms with Crippen LogP contribution in [0.25, 0.3) is 5.69 Å². The molecule has 1 aliphatic carbocycles. The van der Waals surface area contributed by atoms with Crippen molar-refractivity contribution in [3.8, 4) is 5.69 Å². The molecule has 126 valence electrons. The lowest BCUT2D eigenvalue weighted by Gasteiger charge is -2.21. The topological polar surface area (TPSA) is 34.9 Å². The lowest BCUT2D eigenvalue weighted by molar-refractivity contribution is 0.0963. The highest BCUT2D eigenvalue weighted by Gasteiger charge is 2.32. The SMILES string of the molecule is CCc1c2c(nn1-c1ccccc1F)C[C@H](c1ccccc1)CC2=O. The van der Waals surface area contributed by atoms with E-state index in [1.165, 1.54) is 6.07 Å². The molecule has 4 rings (SSSR count). The molecule has 2 aromatic carbocycles. The number of nitrogens with zero attached hydrogens (tertiary/aromatic N) is 2. The second-order valence-electron chi connectivity index (χ2n) is 6.42. The molecule has 0 saturated carbocycles. The van der Waals surface area contributed by atoms with Crippen molar-refractivity contribution in [3.63, 3.8) is 0 Å². The molecule has 1 atom stereocenters. The predicted octanol–water partition coefficient (Wildman–Crippen LogP) is 4.49. The van der Waals surface area contributed by atoms with Crippen LogP contribution < -0.4 is 0 Å². The summed E-state index contributed by atoms with van der Waals surface area (Å²) in [7, 11) is 0. The Morgan fingerprint density at radius 2 is 1.80 bits per heavy atom. The number of benzene rings is 2. The number of carbonyl (C=O) groups is 1. The first kappa shape index (κ1) is 15.8. The molecule has 0 N–H and O–H groups in total. The summed E-state index contributed by atoms with van der Waals surface area (Å²) in [6.07, 6.45) is 1.82. The third-order valence-electron chi connectivity index (χ3n) is 4.89. The number of rotatable bonds is 3. The summed E-state index contributed by atoms with van der Waals surface area (Å²) in [5, 5.41) is 4.63. The maximum Gasteiger partial charge on any atom is 0.167 e. The van der Waals surface area contributed by atoms with Gasteiger partial charge in [0.25, 0.3) is 0 Å². The van der Waals surface area contributed by atoms with Crippen molar-refractivity contribution in [2.45, 2.75) is 32.1 Å². The van der Waals surface area contributed by atoms with Crippen LogP contribution in [-0.4, -0.2) is 15.6 Å². The largest absolute Gasteiger partial charge is 0.294 e. The van der Waals surface area contributed by atoms with E-state index in [1.807, 2.05) is 25.1 Å². The van der Waals surface area contributed by atoms with Crippen LogP contribution >= 0.6 is 0 Å². The molecule has 0 spiro atoms. The Morgan fingerprint density at radius 1 is 1.08 bits per heavy atom. The predicted molar refractivity (Wildman–Crippen MR) is 94.7 cm³/mol. The summed E-state index contributed by atoms with van der Waals surface area (Å²) < 4.78 is 15.9. The number of ketones is 1. The highest BCUT2D eigenvalue weighted by Crippen LogP contribution is 2.35. The lowest BCUT2D eigenvalue weighted by Crippen LogP contribution is -2.19. The maximum atomic E-state index is 14.2. The number of para-hydroxylation sites is 1. The summed E-state index contributed by atoms with van der Waals surface area (Å²) in [5.41, 5.74) is 3.83. The van der Waals surface area contributed by atoms with Crippen LogP contribution in [0.3, 0.4) is 0 Å². The van der Waals surface area contributed by atoms with Gasteiger partial charge in [-0.25, -0.2) is 9.07 Å². The summed E-state index contributed by atoms with van der Waals surface area (Å²) in [6.45, 7) is 1.98. The standard InChI is InChI=1S/C21H19FN2O/c1-2-18-21-17(23-24(18)19-11-7-6-10-16(19)22)12-15(13-20(21)25)14-8-4-3-5-9-14/h3-11,15H,2,12-13H2,1H3/t15-/m0/s1.